The average molecular weight is 415 g/mol. The molecule has 3 aromatic rings. The number of hydrogen-bond donors (Lipinski definition) is 1. The molecule has 0 atom stereocenters. The van der Waals surface area contributed by atoms with Crippen molar-refractivity contribution in [2.24, 2.45) is 0 Å². The summed E-state index contributed by atoms with van der Waals surface area (Å²) in [6.45, 7) is -0.0129. The highest BCUT2D eigenvalue weighted by Gasteiger charge is 2.30. The SMILES string of the molecule is O=C(NCC#Cc1cccc(C(F)(F)F)c1)c1occc1CSc1ccccc1. The summed E-state index contributed by atoms with van der Waals surface area (Å²) in [4.78, 5) is 13.4. The van der Waals surface area contributed by atoms with Crippen LogP contribution in [-0.4, -0.2) is 12.5 Å². The first-order valence-electron chi connectivity index (χ1n) is 8.62. The van der Waals surface area contributed by atoms with E-state index in [4.69, 9.17) is 4.42 Å². The molecule has 0 aliphatic carbocycles. The number of carbonyl (C=O) groups excluding carboxylic acids is 1. The molecule has 7 heteroatoms. The largest absolute Gasteiger partial charge is 0.459 e. The van der Waals surface area contributed by atoms with Crippen molar-refractivity contribution in [1.29, 1.82) is 0 Å². The van der Waals surface area contributed by atoms with Crippen LogP contribution in [0.4, 0.5) is 13.2 Å². The van der Waals surface area contributed by atoms with Crippen LogP contribution in [0.25, 0.3) is 0 Å². The third-order valence-electron chi connectivity index (χ3n) is 3.85. The van der Waals surface area contributed by atoms with E-state index in [9.17, 15) is 18.0 Å². The third kappa shape index (κ3) is 5.93. The molecule has 0 unspecified atom stereocenters. The van der Waals surface area contributed by atoms with Crippen molar-refractivity contribution in [3.63, 3.8) is 0 Å². The summed E-state index contributed by atoms with van der Waals surface area (Å²) in [6.07, 6.45) is -2.97. The number of thioether (sulfide) groups is 1. The first kappa shape index (κ1) is 20.6. The molecule has 1 aromatic heterocycles. The number of amides is 1. The summed E-state index contributed by atoms with van der Waals surface area (Å²) in [7, 11) is 0. The van der Waals surface area contributed by atoms with Gasteiger partial charge < -0.3 is 9.73 Å². The first-order chi connectivity index (χ1) is 13.9. The van der Waals surface area contributed by atoms with Crippen molar-refractivity contribution >= 4 is 17.7 Å². The van der Waals surface area contributed by atoms with Gasteiger partial charge in [-0.15, -0.1) is 11.8 Å². The molecule has 1 amide bonds. The average Bonchev–Trinajstić information content (AvgIpc) is 3.19. The molecule has 148 valence electrons. The molecule has 0 fully saturated rings. The summed E-state index contributed by atoms with van der Waals surface area (Å²) in [5.41, 5.74) is 0.221. The van der Waals surface area contributed by atoms with Crippen molar-refractivity contribution in [2.45, 2.75) is 16.8 Å². The highest BCUT2D eigenvalue weighted by Crippen LogP contribution is 2.29. The maximum absolute atomic E-state index is 12.7. The number of alkyl halides is 3. The Kier molecular flexibility index (Phi) is 6.68. The first-order valence-corrected chi connectivity index (χ1v) is 9.60. The molecule has 0 bridgehead atoms. The van der Waals surface area contributed by atoms with Crippen LogP contribution in [0, 0.1) is 11.8 Å². The van der Waals surface area contributed by atoms with Crippen molar-refractivity contribution in [3.05, 3.63) is 89.4 Å². The van der Waals surface area contributed by atoms with Crippen molar-refractivity contribution in [2.75, 3.05) is 6.54 Å². The summed E-state index contributed by atoms with van der Waals surface area (Å²) in [6, 6.07) is 16.2. The second kappa shape index (κ2) is 9.39. The van der Waals surface area contributed by atoms with E-state index in [0.29, 0.717) is 5.75 Å². The zero-order chi connectivity index (χ0) is 20.7. The Bertz CT molecular complexity index is 1030. The Morgan fingerprint density at radius 3 is 2.62 bits per heavy atom. The van der Waals surface area contributed by atoms with Crippen molar-refractivity contribution in [1.82, 2.24) is 5.32 Å². The molecular weight excluding hydrogens is 399 g/mol. The van der Waals surface area contributed by atoms with Gasteiger partial charge in [0.1, 0.15) is 0 Å². The van der Waals surface area contributed by atoms with Crippen LogP contribution in [0.5, 0.6) is 0 Å². The highest BCUT2D eigenvalue weighted by molar-refractivity contribution is 7.98. The summed E-state index contributed by atoms with van der Waals surface area (Å²) in [5, 5.41) is 2.60. The molecule has 0 radical (unpaired) electrons. The number of furan rings is 1. The normalized spacial score (nSPS) is 10.9. The van der Waals surface area contributed by atoms with Gasteiger partial charge in [0.2, 0.25) is 0 Å². The van der Waals surface area contributed by atoms with Gasteiger partial charge in [-0.2, -0.15) is 13.2 Å². The molecule has 0 aliphatic rings. The number of nitrogens with one attached hydrogen (secondary N) is 1. The smallest absolute Gasteiger partial charge is 0.416 e. The number of rotatable bonds is 5. The van der Waals surface area contributed by atoms with Gasteiger partial charge >= 0.3 is 6.18 Å². The van der Waals surface area contributed by atoms with Crippen LogP contribution < -0.4 is 5.32 Å². The van der Waals surface area contributed by atoms with Gasteiger partial charge in [0.25, 0.3) is 5.91 Å². The lowest BCUT2D eigenvalue weighted by molar-refractivity contribution is -0.137. The maximum atomic E-state index is 12.7. The second-order valence-electron chi connectivity index (χ2n) is 5.94. The predicted octanol–water partition coefficient (Wildman–Crippen LogP) is 5.37. The molecule has 0 spiro atoms. The molecule has 3 nitrogen and oxygen atoms in total. The molecular formula is C22H16F3NO2S. The lowest BCUT2D eigenvalue weighted by Crippen LogP contribution is -2.24. The molecule has 2 aromatic carbocycles. The Balaban J connectivity index is 1.56. The van der Waals surface area contributed by atoms with Crippen LogP contribution in [0.3, 0.4) is 0 Å². The number of benzene rings is 2. The Morgan fingerprint density at radius 1 is 1.07 bits per heavy atom. The standard InChI is InChI=1S/C22H16F3NO2S/c23-22(24,25)18-8-4-6-16(14-18)7-5-12-26-21(27)20-17(11-13-28-20)15-29-19-9-2-1-3-10-19/h1-4,6,8-11,13-14H,12,15H2,(H,26,27). The van der Waals surface area contributed by atoms with E-state index >= 15 is 0 Å². The van der Waals surface area contributed by atoms with Crippen LogP contribution in [-0.2, 0) is 11.9 Å². The van der Waals surface area contributed by atoms with Crippen LogP contribution in [0.1, 0.15) is 27.2 Å². The van der Waals surface area contributed by atoms with Gasteiger partial charge in [0, 0.05) is 21.8 Å². The second-order valence-corrected chi connectivity index (χ2v) is 6.99. The quantitative estimate of drug-likeness (QED) is 0.450. The number of hydrogen-bond acceptors (Lipinski definition) is 3. The molecule has 1 N–H and O–H groups in total. The van der Waals surface area contributed by atoms with E-state index < -0.39 is 17.6 Å². The van der Waals surface area contributed by atoms with Crippen LogP contribution in [0.2, 0.25) is 0 Å². The number of carbonyl (C=O) groups is 1. The van der Waals surface area contributed by atoms with E-state index in [1.54, 1.807) is 17.8 Å². The van der Waals surface area contributed by atoms with Crippen LogP contribution in [0.15, 0.2) is 76.2 Å². The fourth-order valence-corrected chi connectivity index (χ4v) is 3.35. The Morgan fingerprint density at radius 2 is 1.86 bits per heavy atom. The van der Waals surface area contributed by atoms with E-state index in [1.165, 1.54) is 18.4 Å². The minimum Gasteiger partial charge on any atom is -0.459 e. The highest BCUT2D eigenvalue weighted by atomic mass is 32.2. The Hall–Kier alpha value is -3.11. The summed E-state index contributed by atoms with van der Waals surface area (Å²) in [5.74, 6) is 5.63. The lowest BCUT2D eigenvalue weighted by atomic mass is 10.1. The number of halogens is 3. The topological polar surface area (TPSA) is 42.2 Å². The molecule has 0 saturated heterocycles. The maximum Gasteiger partial charge on any atom is 0.416 e. The van der Waals surface area contributed by atoms with Gasteiger partial charge in [-0.05, 0) is 36.4 Å². The van der Waals surface area contributed by atoms with Gasteiger partial charge in [0.15, 0.2) is 5.76 Å². The summed E-state index contributed by atoms with van der Waals surface area (Å²) < 4.78 is 43.4. The lowest BCUT2D eigenvalue weighted by Gasteiger charge is -2.05. The van der Waals surface area contributed by atoms with E-state index in [2.05, 4.69) is 17.2 Å². The Labute approximate surface area is 170 Å². The molecule has 29 heavy (non-hydrogen) atoms. The van der Waals surface area contributed by atoms with Gasteiger partial charge in [-0.3, -0.25) is 4.79 Å². The van der Waals surface area contributed by atoms with Gasteiger partial charge in [-0.1, -0.05) is 36.1 Å². The fraction of sp³-hybridized carbons (Fsp3) is 0.136. The van der Waals surface area contributed by atoms with E-state index in [-0.39, 0.29) is 17.9 Å². The molecule has 0 saturated carbocycles. The molecule has 3 rings (SSSR count). The van der Waals surface area contributed by atoms with Gasteiger partial charge in [-0.25, -0.2) is 0 Å². The van der Waals surface area contributed by atoms with Gasteiger partial charge in [0.05, 0.1) is 18.4 Å². The van der Waals surface area contributed by atoms with Crippen molar-refractivity contribution in [3.8, 4) is 11.8 Å². The fourth-order valence-electron chi connectivity index (χ4n) is 2.45. The third-order valence-corrected chi connectivity index (χ3v) is 4.91. The van der Waals surface area contributed by atoms with E-state index in [0.717, 1.165) is 22.6 Å². The molecule has 1 heterocycles. The zero-order valence-electron chi connectivity index (χ0n) is 15.1. The monoisotopic (exact) mass is 415 g/mol. The van der Waals surface area contributed by atoms with Crippen molar-refractivity contribution < 1.29 is 22.4 Å². The zero-order valence-corrected chi connectivity index (χ0v) is 15.9. The summed E-state index contributed by atoms with van der Waals surface area (Å²) >= 11 is 1.58. The van der Waals surface area contributed by atoms with Crippen LogP contribution >= 0.6 is 11.8 Å². The van der Waals surface area contributed by atoms with E-state index in [1.807, 2.05) is 30.3 Å². The predicted molar refractivity (Wildman–Crippen MR) is 105 cm³/mol. The minimum absolute atomic E-state index is 0.0129. The minimum atomic E-state index is -4.42. The molecule has 0 aliphatic heterocycles.